The third-order valence-electron chi connectivity index (χ3n) is 4.75. The van der Waals surface area contributed by atoms with Crippen molar-refractivity contribution in [1.82, 2.24) is 15.2 Å². The van der Waals surface area contributed by atoms with Crippen molar-refractivity contribution in [2.45, 2.75) is 25.3 Å². The molecule has 0 radical (unpaired) electrons. The molecule has 2 fully saturated rings. The number of piperazine rings is 1. The largest absolute Gasteiger partial charge is 0.423 e. The lowest BCUT2D eigenvalue weighted by Gasteiger charge is -2.36. The lowest BCUT2D eigenvalue weighted by Crippen LogP contribution is -2.55. The van der Waals surface area contributed by atoms with Crippen molar-refractivity contribution in [2.75, 3.05) is 37.6 Å². The van der Waals surface area contributed by atoms with Crippen LogP contribution in [0.5, 0.6) is 0 Å². The number of anilines is 1. The summed E-state index contributed by atoms with van der Waals surface area (Å²) in [7, 11) is 0. The van der Waals surface area contributed by atoms with Crippen LogP contribution in [0.4, 0.5) is 6.01 Å². The van der Waals surface area contributed by atoms with E-state index >= 15 is 0 Å². The molecule has 0 aliphatic carbocycles. The molecular weight excluding hydrogens is 292 g/mol. The van der Waals surface area contributed by atoms with Crippen molar-refractivity contribution < 1.29 is 9.21 Å². The third kappa shape index (κ3) is 2.91. The predicted octanol–water partition coefficient (Wildman–Crippen LogP) is 1.62. The summed E-state index contributed by atoms with van der Waals surface area (Å²) in [4.78, 5) is 21.2. The van der Waals surface area contributed by atoms with Gasteiger partial charge in [-0.05, 0) is 31.5 Å². The van der Waals surface area contributed by atoms with Crippen LogP contribution in [0.2, 0.25) is 0 Å². The van der Waals surface area contributed by atoms with Gasteiger partial charge in [-0.2, -0.15) is 4.98 Å². The molecule has 2 aliphatic rings. The fourth-order valence-corrected chi connectivity index (χ4v) is 3.40. The van der Waals surface area contributed by atoms with Crippen LogP contribution in [0.3, 0.4) is 0 Å². The Morgan fingerprint density at radius 1 is 1.17 bits per heavy atom. The summed E-state index contributed by atoms with van der Waals surface area (Å²) in [5, 5.41) is 3.34. The molecule has 3 heterocycles. The van der Waals surface area contributed by atoms with Crippen LogP contribution in [0.15, 0.2) is 28.7 Å². The number of hydrogen-bond donors (Lipinski definition) is 1. The van der Waals surface area contributed by atoms with Gasteiger partial charge in [0.1, 0.15) is 5.52 Å². The molecule has 1 atom stereocenters. The minimum absolute atomic E-state index is 0.0135. The van der Waals surface area contributed by atoms with Gasteiger partial charge in [0.2, 0.25) is 5.91 Å². The number of fused-ring (bicyclic) bond motifs is 1. The Bertz CT molecular complexity index is 652. The van der Waals surface area contributed by atoms with E-state index in [1.165, 1.54) is 6.42 Å². The van der Waals surface area contributed by atoms with Crippen LogP contribution in [-0.2, 0) is 4.79 Å². The molecule has 0 spiro atoms. The van der Waals surface area contributed by atoms with Crippen LogP contribution < -0.4 is 10.2 Å². The molecule has 1 aromatic heterocycles. The Hall–Kier alpha value is -2.08. The highest BCUT2D eigenvalue weighted by atomic mass is 16.4. The van der Waals surface area contributed by atoms with Crippen LogP contribution in [0.25, 0.3) is 11.1 Å². The highest BCUT2D eigenvalue weighted by molar-refractivity contribution is 5.82. The fraction of sp³-hybridized carbons (Fsp3) is 0.529. The molecule has 0 unspecified atom stereocenters. The molecule has 0 saturated carbocycles. The predicted molar refractivity (Wildman–Crippen MR) is 88.4 cm³/mol. The summed E-state index contributed by atoms with van der Waals surface area (Å²) < 4.78 is 5.82. The molecule has 23 heavy (non-hydrogen) atoms. The number of hydrogen-bond acceptors (Lipinski definition) is 5. The Morgan fingerprint density at radius 3 is 2.74 bits per heavy atom. The normalized spacial score (nSPS) is 22.5. The molecule has 2 saturated heterocycles. The topological polar surface area (TPSA) is 61.6 Å². The highest BCUT2D eigenvalue weighted by Crippen LogP contribution is 2.23. The van der Waals surface area contributed by atoms with Crippen LogP contribution in [-0.4, -0.2) is 54.6 Å². The molecule has 122 valence electrons. The molecule has 2 aromatic rings. The van der Waals surface area contributed by atoms with Gasteiger partial charge in [0.05, 0.1) is 6.04 Å². The van der Waals surface area contributed by atoms with E-state index in [1.54, 1.807) is 0 Å². The van der Waals surface area contributed by atoms with Gasteiger partial charge in [0, 0.05) is 26.2 Å². The number of rotatable bonds is 2. The lowest BCUT2D eigenvalue weighted by molar-refractivity contribution is -0.134. The van der Waals surface area contributed by atoms with Crippen molar-refractivity contribution in [3.05, 3.63) is 24.3 Å². The number of amides is 1. The van der Waals surface area contributed by atoms with Crippen molar-refractivity contribution in [2.24, 2.45) is 0 Å². The van der Waals surface area contributed by atoms with E-state index in [0.29, 0.717) is 6.01 Å². The maximum Gasteiger partial charge on any atom is 0.298 e. The van der Waals surface area contributed by atoms with Crippen LogP contribution in [0, 0.1) is 0 Å². The fourth-order valence-electron chi connectivity index (χ4n) is 3.40. The first-order chi connectivity index (χ1) is 11.3. The van der Waals surface area contributed by atoms with Gasteiger partial charge >= 0.3 is 0 Å². The summed E-state index contributed by atoms with van der Waals surface area (Å²) in [6, 6.07) is 8.47. The van der Waals surface area contributed by atoms with Crippen LogP contribution >= 0.6 is 0 Å². The van der Waals surface area contributed by atoms with Gasteiger partial charge in [0.25, 0.3) is 6.01 Å². The van der Waals surface area contributed by atoms with Crippen LogP contribution in [0.1, 0.15) is 19.3 Å². The lowest BCUT2D eigenvalue weighted by atomic mass is 10.0. The standard InChI is InChI=1S/C17H22N4O2/c22-16(14-6-3-4-8-18-14)20-9-11-21(12-10-20)17-19-13-5-1-2-7-15(13)23-17/h1-2,5,7,14,18H,3-4,6,8-12H2/t14-/m1/s1. The number of nitrogens with one attached hydrogen (secondary N) is 1. The third-order valence-corrected chi connectivity index (χ3v) is 4.75. The number of carbonyl (C=O) groups is 1. The molecular formula is C17H22N4O2. The summed E-state index contributed by atoms with van der Waals surface area (Å²) in [5.41, 5.74) is 1.69. The van der Waals surface area contributed by atoms with E-state index in [-0.39, 0.29) is 11.9 Å². The zero-order valence-corrected chi connectivity index (χ0v) is 13.2. The Labute approximate surface area is 135 Å². The zero-order chi connectivity index (χ0) is 15.6. The highest BCUT2D eigenvalue weighted by Gasteiger charge is 2.29. The average molecular weight is 314 g/mol. The van der Waals surface area contributed by atoms with E-state index in [9.17, 15) is 4.79 Å². The number of carbonyl (C=O) groups excluding carboxylic acids is 1. The second-order valence-corrected chi connectivity index (χ2v) is 6.28. The smallest absolute Gasteiger partial charge is 0.298 e. The maximum atomic E-state index is 12.5. The number of nitrogens with zero attached hydrogens (tertiary/aromatic N) is 3. The quantitative estimate of drug-likeness (QED) is 0.913. The Balaban J connectivity index is 1.39. The molecule has 1 aromatic carbocycles. The molecule has 6 nitrogen and oxygen atoms in total. The first-order valence-corrected chi connectivity index (χ1v) is 8.44. The van der Waals surface area contributed by atoms with Gasteiger partial charge in [-0.25, -0.2) is 0 Å². The molecule has 1 amide bonds. The monoisotopic (exact) mass is 314 g/mol. The summed E-state index contributed by atoms with van der Waals surface area (Å²) >= 11 is 0. The van der Waals surface area contributed by atoms with Crippen molar-refractivity contribution >= 4 is 23.0 Å². The van der Waals surface area contributed by atoms with Gasteiger partial charge < -0.3 is 19.5 Å². The second kappa shape index (κ2) is 6.20. The molecule has 1 N–H and O–H groups in total. The van der Waals surface area contributed by atoms with Crippen molar-refractivity contribution in [3.63, 3.8) is 0 Å². The van der Waals surface area contributed by atoms with Gasteiger partial charge in [-0.3, -0.25) is 4.79 Å². The average Bonchev–Trinajstić information content (AvgIpc) is 3.06. The number of piperidine rings is 1. The molecule has 0 bridgehead atoms. The SMILES string of the molecule is O=C([C@H]1CCCCN1)N1CCN(c2nc3ccccc3o2)CC1. The van der Waals surface area contributed by atoms with E-state index in [4.69, 9.17) is 4.42 Å². The number of oxazole rings is 1. The Kier molecular flexibility index (Phi) is 3.91. The van der Waals surface area contributed by atoms with Crippen molar-refractivity contribution in [1.29, 1.82) is 0 Å². The second-order valence-electron chi connectivity index (χ2n) is 6.28. The summed E-state index contributed by atoms with van der Waals surface area (Å²) in [5.74, 6) is 0.252. The number of aromatic nitrogens is 1. The summed E-state index contributed by atoms with van der Waals surface area (Å²) in [6.07, 6.45) is 3.28. The minimum Gasteiger partial charge on any atom is -0.423 e. The van der Waals surface area contributed by atoms with Gasteiger partial charge in [-0.1, -0.05) is 18.6 Å². The zero-order valence-electron chi connectivity index (χ0n) is 13.2. The first kappa shape index (κ1) is 14.5. The minimum atomic E-state index is 0.0135. The van der Waals surface area contributed by atoms with E-state index in [2.05, 4.69) is 15.2 Å². The van der Waals surface area contributed by atoms with E-state index in [1.807, 2.05) is 29.2 Å². The maximum absolute atomic E-state index is 12.5. The number of para-hydroxylation sites is 2. The summed E-state index contributed by atoms with van der Waals surface area (Å²) in [6.45, 7) is 3.96. The van der Waals surface area contributed by atoms with Crippen molar-refractivity contribution in [3.8, 4) is 0 Å². The molecule has 4 rings (SSSR count). The molecule has 6 heteroatoms. The first-order valence-electron chi connectivity index (χ1n) is 8.44. The van der Waals surface area contributed by atoms with Gasteiger partial charge in [0.15, 0.2) is 5.58 Å². The van der Waals surface area contributed by atoms with Gasteiger partial charge in [-0.15, -0.1) is 0 Å². The van der Waals surface area contributed by atoms with E-state index < -0.39 is 0 Å². The molecule has 2 aliphatic heterocycles. The Morgan fingerprint density at radius 2 is 2.00 bits per heavy atom. The van der Waals surface area contributed by atoms with E-state index in [0.717, 1.165) is 56.7 Å². The number of benzene rings is 1.